The molecule has 44 valence electrons. The van der Waals surface area contributed by atoms with Crippen molar-refractivity contribution < 1.29 is 5.11 Å². The molecule has 0 heterocycles. The average Bonchev–Trinajstić information content (AvgIpc) is 1.81. The lowest BCUT2D eigenvalue weighted by atomic mass is 10.3. The van der Waals surface area contributed by atoms with Crippen LogP contribution in [0.1, 0.15) is 12.8 Å². The smallest absolute Gasteiger partial charge is 0.0465 e. The second-order valence-corrected chi connectivity index (χ2v) is 1.39. The molecule has 0 fully saturated rings. The number of aliphatic hydroxyl groups is 1. The van der Waals surface area contributed by atoms with Crippen molar-refractivity contribution >= 4 is 0 Å². The minimum Gasteiger partial charge on any atom is -0.396 e. The van der Waals surface area contributed by atoms with Gasteiger partial charge in [-0.3, -0.25) is 0 Å². The van der Waals surface area contributed by atoms with Gasteiger partial charge in [-0.25, -0.2) is 0 Å². The van der Waals surface area contributed by atoms with E-state index in [1.807, 2.05) is 12.2 Å². The van der Waals surface area contributed by atoms with Crippen molar-refractivity contribution in [3.05, 3.63) is 12.2 Å². The van der Waals surface area contributed by atoms with Crippen LogP contribution < -0.4 is 0 Å². The van der Waals surface area contributed by atoms with E-state index < -0.39 is 0 Å². The van der Waals surface area contributed by atoms with Crippen molar-refractivity contribution in [2.24, 2.45) is 0 Å². The third kappa shape index (κ3) is 5.26. The second-order valence-electron chi connectivity index (χ2n) is 1.39. The molecule has 0 atom stereocenters. The van der Waals surface area contributed by atoms with Crippen LogP contribution in [-0.2, 0) is 0 Å². The van der Waals surface area contributed by atoms with E-state index in [0.717, 1.165) is 0 Å². The maximum Gasteiger partial charge on any atom is 0.0465 e. The van der Waals surface area contributed by atoms with E-state index >= 15 is 0 Å². The molecule has 0 spiro atoms. The maximum absolute atomic E-state index is 8.26. The normalized spacial score (nSPS) is 9.50. The highest BCUT2D eigenvalue weighted by molar-refractivity contribution is 4.95. The molecule has 1 N–H and O–H groups in total. The summed E-state index contributed by atoms with van der Waals surface area (Å²) < 4.78 is 0. The monoisotopic (exact) mass is 110 g/mol. The fourth-order valence-corrected chi connectivity index (χ4v) is 0.344. The number of hydrogen-bond acceptors (Lipinski definition) is 1. The summed E-state index contributed by atoms with van der Waals surface area (Å²) in [4.78, 5) is 0. The van der Waals surface area contributed by atoms with Crippen LogP contribution in [0.3, 0.4) is 0 Å². The molecule has 0 saturated carbocycles. The Kier molecular flexibility index (Phi) is 5.68. The van der Waals surface area contributed by atoms with Crippen LogP contribution >= 0.6 is 0 Å². The van der Waals surface area contributed by atoms with Crippen molar-refractivity contribution in [3.63, 3.8) is 0 Å². The van der Waals surface area contributed by atoms with Gasteiger partial charge in [-0.1, -0.05) is 12.2 Å². The molecule has 0 aliphatic rings. The summed E-state index contributed by atoms with van der Waals surface area (Å²) in [6, 6.07) is 0. The molecule has 0 aromatic rings. The van der Waals surface area contributed by atoms with Crippen LogP contribution in [0, 0.1) is 12.3 Å². The van der Waals surface area contributed by atoms with Gasteiger partial charge < -0.3 is 5.11 Å². The molecule has 0 aliphatic heterocycles. The van der Waals surface area contributed by atoms with Crippen molar-refractivity contribution in [1.29, 1.82) is 0 Å². The van der Waals surface area contributed by atoms with Gasteiger partial charge in [0.15, 0.2) is 0 Å². The molecular weight excluding hydrogens is 100 g/mol. The Morgan fingerprint density at radius 2 is 2.25 bits per heavy atom. The highest BCUT2D eigenvalue weighted by Gasteiger charge is 1.70. The van der Waals surface area contributed by atoms with Crippen LogP contribution in [0.25, 0.3) is 0 Å². The van der Waals surface area contributed by atoms with Gasteiger partial charge in [-0.15, -0.1) is 12.3 Å². The molecule has 0 aromatic carbocycles. The van der Waals surface area contributed by atoms with Gasteiger partial charge in [-0.05, 0) is 6.42 Å². The Morgan fingerprint density at radius 1 is 1.50 bits per heavy atom. The molecule has 0 unspecified atom stereocenters. The third-order valence-corrected chi connectivity index (χ3v) is 0.698. The molecule has 1 nitrogen and oxygen atoms in total. The van der Waals surface area contributed by atoms with Gasteiger partial charge in [0.05, 0.1) is 0 Å². The lowest BCUT2D eigenvalue weighted by Gasteiger charge is -1.79. The van der Waals surface area contributed by atoms with Crippen molar-refractivity contribution in [2.75, 3.05) is 6.61 Å². The standard InChI is InChI=1S/C7H10O/c1-2-3-4-5-6-7-8/h1,4-5,8H,3,6-7H2/b5-4+. The summed E-state index contributed by atoms with van der Waals surface area (Å²) >= 11 is 0. The first-order valence-corrected chi connectivity index (χ1v) is 2.61. The maximum atomic E-state index is 8.26. The van der Waals surface area contributed by atoms with E-state index in [0.29, 0.717) is 12.8 Å². The van der Waals surface area contributed by atoms with Crippen LogP contribution in [0.15, 0.2) is 12.2 Å². The number of aliphatic hydroxyl groups excluding tert-OH is 1. The molecule has 0 aliphatic carbocycles. The van der Waals surface area contributed by atoms with Gasteiger partial charge in [0, 0.05) is 13.0 Å². The fourth-order valence-electron chi connectivity index (χ4n) is 0.344. The Balaban J connectivity index is 2.98. The molecule has 0 amide bonds. The molecule has 0 bridgehead atoms. The van der Waals surface area contributed by atoms with E-state index in [9.17, 15) is 0 Å². The number of hydrogen-bond donors (Lipinski definition) is 1. The predicted octanol–water partition coefficient (Wildman–Crippen LogP) is 0.948. The van der Waals surface area contributed by atoms with E-state index in [1.165, 1.54) is 0 Å². The van der Waals surface area contributed by atoms with Gasteiger partial charge in [-0.2, -0.15) is 0 Å². The number of allylic oxidation sites excluding steroid dienone is 1. The van der Waals surface area contributed by atoms with Crippen LogP contribution in [0.5, 0.6) is 0 Å². The summed E-state index contributed by atoms with van der Waals surface area (Å²) in [6.07, 6.45) is 10.1. The molecule has 8 heavy (non-hydrogen) atoms. The van der Waals surface area contributed by atoms with E-state index in [-0.39, 0.29) is 6.61 Å². The second kappa shape index (κ2) is 6.26. The van der Waals surface area contributed by atoms with Gasteiger partial charge in [0.2, 0.25) is 0 Å². The number of terminal acetylenes is 1. The summed E-state index contributed by atoms with van der Waals surface area (Å²) in [6.45, 7) is 0.209. The summed E-state index contributed by atoms with van der Waals surface area (Å²) in [5.74, 6) is 2.46. The Bertz CT molecular complexity index is 97.4. The van der Waals surface area contributed by atoms with Crippen LogP contribution in [0.4, 0.5) is 0 Å². The first kappa shape index (κ1) is 7.26. The average molecular weight is 110 g/mol. The van der Waals surface area contributed by atoms with Crippen molar-refractivity contribution in [1.82, 2.24) is 0 Å². The van der Waals surface area contributed by atoms with E-state index in [4.69, 9.17) is 11.5 Å². The number of rotatable bonds is 3. The van der Waals surface area contributed by atoms with Crippen molar-refractivity contribution in [2.45, 2.75) is 12.8 Å². The summed E-state index contributed by atoms with van der Waals surface area (Å²) in [5.41, 5.74) is 0. The summed E-state index contributed by atoms with van der Waals surface area (Å²) in [5, 5.41) is 8.26. The quantitative estimate of drug-likeness (QED) is 0.423. The lowest BCUT2D eigenvalue weighted by molar-refractivity contribution is 0.302. The Labute approximate surface area is 50.0 Å². The first-order chi connectivity index (χ1) is 3.91. The highest BCUT2D eigenvalue weighted by Crippen LogP contribution is 1.82. The Morgan fingerprint density at radius 3 is 2.75 bits per heavy atom. The molecule has 0 rings (SSSR count). The van der Waals surface area contributed by atoms with E-state index in [2.05, 4.69) is 5.92 Å². The highest BCUT2D eigenvalue weighted by atomic mass is 16.2. The zero-order valence-electron chi connectivity index (χ0n) is 4.80. The van der Waals surface area contributed by atoms with Crippen LogP contribution in [-0.4, -0.2) is 11.7 Å². The molecule has 0 radical (unpaired) electrons. The summed E-state index contributed by atoms with van der Waals surface area (Å²) in [7, 11) is 0. The molecule has 0 saturated heterocycles. The minimum absolute atomic E-state index is 0.209. The van der Waals surface area contributed by atoms with Crippen molar-refractivity contribution in [3.8, 4) is 12.3 Å². The third-order valence-electron chi connectivity index (χ3n) is 0.698. The largest absolute Gasteiger partial charge is 0.396 e. The predicted molar refractivity (Wildman–Crippen MR) is 34.3 cm³/mol. The molecular formula is C7H10O. The van der Waals surface area contributed by atoms with Crippen LogP contribution in [0.2, 0.25) is 0 Å². The first-order valence-electron chi connectivity index (χ1n) is 2.61. The molecule has 0 aromatic heterocycles. The molecule has 1 heteroatoms. The van der Waals surface area contributed by atoms with Gasteiger partial charge in [0.1, 0.15) is 0 Å². The SMILES string of the molecule is C#CC/C=C/CCO. The topological polar surface area (TPSA) is 20.2 Å². The fraction of sp³-hybridized carbons (Fsp3) is 0.429. The lowest BCUT2D eigenvalue weighted by Crippen LogP contribution is -1.74. The minimum atomic E-state index is 0.209. The van der Waals surface area contributed by atoms with Gasteiger partial charge in [0.25, 0.3) is 0 Å². The zero-order valence-corrected chi connectivity index (χ0v) is 4.80. The van der Waals surface area contributed by atoms with E-state index in [1.54, 1.807) is 0 Å². The van der Waals surface area contributed by atoms with Gasteiger partial charge >= 0.3 is 0 Å². The Hall–Kier alpha value is -0.740. The zero-order chi connectivity index (χ0) is 6.24.